The zero-order chi connectivity index (χ0) is 20.3. The van der Waals surface area contributed by atoms with E-state index in [-0.39, 0.29) is 18.1 Å². The summed E-state index contributed by atoms with van der Waals surface area (Å²) >= 11 is 0. The number of rotatable bonds is 3. The van der Waals surface area contributed by atoms with Gasteiger partial charge in [0.1, 0.15) is 6.04 Å². The third-order valence-electron chi connectivity index (χ3n) is 5.48. The van der Waals surface area contributed by atoms with Crippen molar-refractivity contribution >= 4 is 18.0 Å². The average molecular weight is 391 g/mol. The second kappa shape index (κ2) is 6.06. The van der Waals surface area contributed by atoms with Crippen LogP contribution in [-0.4, -0.2) is 81.0 Å². The number of aliphatic hydroxyl groups excluding tert-OH is 1. The van der Waals surface area contributed by atoms with Gasteiger partial charge in [0, 0.05) is 0 Å². The number of hydrogen-bond acceptors (Lipinski definition) is 9. The van der Waals surface area contributed by atoms with Gasteiger partial charge >= 0.3 is 12.0 Å². The highest BCUT2D eigenvalue weighted by molar-refractivity contribution is 5.90. The molecule has 1 aromatic rings. The van der Waals surface area contributed by atoms with Crippen molar-refractivity contribution in [1.29, 1.82) is 0 Å². The molecule has 0 unspecified atom stereocenters. The van der Waals surface area contributed by atoms with E-state index in [1.165, 1.54) is 0 Å². The molecule has 1 aromatic carbocycles. The Balaban J connectivity index is 1.67. The summed E-state index contributed by atoms with van der Waals surface area (Å²) in [7, 11) is 0. The molecule has 4 atom stereocenters. The number of urea groups is 1. The van der Waals surface area contributed by atoms with Gasteiger partial charge in [-0.1, -0.05) is 17.7 Å². The maximum atomic E-state index is 12.5. The van der Waals surface area contributed by atoms with Gasteiger partial charge in [-0.25, -0.2) is 14.6 Å². The lowest BCUT2D eigenvalue weighted by Gasteiger charge is -2.49. The number of nitrogens with zero attached hydrogens (tertiary/aromatic N) is 2. The van der Waals surface area contributed by atoms with Gasteiger partial charge in [-0.05, 0) is 19.1 Å². The lowest BCUT2D eigenvalue weighted by atomic mass is 9.85. The van der Waals surface area contributed by atoms with Gasteiger partial charge in [0.2, 0.25) is 11.4 Å². The van der Waals surface area contributed by atoms with E-state index in [0.29, 0.717) is 0 Å². The smallest absolute Gasteiger partial charge is 0.338 e. The summed E-state index contributed by atoms with van der Waals surface area (Å²) in [5.41, 5.74) is 5.05. The molecule has 3 heterocycles. The van der Waals surface area contributed by atoms with Crippen molar-refractivity contribution in [2.24, 2.45) is 10.7 Å². The van der Waals surface area contributed by atoms with Gasteiger partial charge in [0.25, 0.3) is 0 Å². The van der Waals surface area contributed by atoms with Crippen LogP contribution >= 0.6 is 0 Å². The molecule has 0 aliphatic carbocycles. The monoisotopic (exact) mass is 391 g/mol. The Kier molecular flexibility index (Phi) is 4.00. The number of amides is 2. The zero-order valence-electron chi connectivity index (χ0n) is 15.0. The van der Waals surface area contributed by atoms with Crippen LogP contribution in [0.1, 0.15) is 15.9 Å². The number of benzene rings is 1. The molecule has 2 saturated heterocycles. The van der Waals surface area contributed by atoms with Crippen LogP contribution < -0.4 is 16.4 Å². The molecule has 0 aromatic heterocycles. The van der Waals surface area contributed by atoms with E-state index < -0.39 is 48.2 Å². The standard InChI is InChI=1S/C17H21N5O6/c1-8-2-4-9(5-3-8)13(24)28-11-6-22-15(25)19-10(7-23)12-16(22,17(11,26)27)21-14(18)20-12/h2-5,10-12,23,26-27H,6-7H2,1H3,(H,19,25)(H3,18,20,21)/t10-,11-,12-,16-/m0/s1. The Morgan fingerprint density at radius 1 is 1.39 bits per heavy atom. The van der Waals surface area contributed by atoms with Crippen LogP contribution in [0.5, 0.6) is 0 Å². The summed E-state index contributed by atoms with van der Waals surface area (Å²) in [4.78, 5) is 30.2. The summed E-state index contributed by atoms with van der Waals surface area (Å²) in [5.74, 6) is -3.60. The van der Waals surface area contributed by atoms with Crippen molar-refractivity contribution in [3.63, 3.8) is 0 Å². The molecule has 3 aliphatic heterocycles. The number of carbonyl (C=O) groups excluding carboxylic acids is 2. The van der Waals surface area contributed by atoms with E-state index in [1.54, 1.807) is 24.3 Å². The lowest BCUT2D eigenvalue weighted by molar-refractivity contribution is -0.259. The van der Waals surface area contributed by atoms with Crippen LogP contribution in [0.15, 0.2) is 29.3 Å². The summed E-state index contributed by atoms with van der Waals surface area (Å²) in [5, 5.41) is 36.8. The topological polar surface area (TPSA) is 170 Å². The van der Waals surface area contributed by atoms with Crippen LogP contribution in [0, 0.1) is 6.92 Å². The minimum absolute atomic E-state index is 0.122. The Morgan fingerprint density at radius 3 is 2.71 bits per heavy atom. The van der Waals surface area contributed by atoms with E-state index >= 15 is 0 Å². The largest absolute Gasteiger partial charge is 0.451 e. The quantitative estimate of drug-likeness (QED) is 0.244. The first-order valence-electron chi connectivity index (χ1n) is 8.73. The predicted molar refractivity (Wildman–Crippen MR) is 94.9 cm³/mol. The molecular weight excluding hydrogens is 370 g/mol. The highest BCUT2D eigenvalue weighted by Crippen LogP contribution is 2.45. The van der Waals surface area contributed by atoms with Crippen molar-refractivity contribution < 1.29 is 29.6 Å². The molecule has 0 bridgehead atoms. The minimum atomic E-state index is -2.71. The molecule has 1 spiro atoms. The number of guanidine groups is 1. The summed E-state index contributed by atoms with van der Waals surface area (Å²) in [6, 6.07) is 3.98. The van der Waals surface area contributed by atoms with Crippen molar-refractivity contribution in [2.45, 2.75) is 36.6 Å². The number of aryl methyl sites for hydroxylation is 1. The van der Waals surface area contributed by atoms with Crippen LogP contribution in [0.2, 0.25) is 0 Å². The molecule has 3 aliphatic rings. The molecule has 11 nitrogen and oxygen atoms in total. The molecular formula is C17H21N5O6. The normalized spacial score (nSPS) is 32.7. The third kappa shape index (κ3) is 2.37. The van der Waals surface area contributed by atoms with Gasteiger partial charge in [0.05, 0.1) is 24.8 Å². The molecule has 4 rings (SSSR count). The summed E-state index contributed by atoms with van der Waals surface area (Å²) in [6.07, 6.45) is -1.47. The first kappa shape index (κ1) is 18.5. The van der Waals surface area contributed by atoms with Crippen LogP contribution in [0.3, 0.4) is 0 Å². The maximum Gasteiger partial charge on any atom is 0.338 e. The molecule has 0 saturated carbocycles. The third-order valence-corrected chi connectivity index (χ3v) is 5.48. The van der Waals surface area contributed by atoms with E-state index in [0.717, 1.165) is 10.5 Å². The number of ether oxygens (including phenoxy) is 1. The maximum absolute atomic E-state index is 12.5. The molecule has 11 heteroatoms. The molecule has 2 fully saturated rings. The number of aliphatic imine (C=N–C) groups is 1. The van der Waals surface area contributed by atoms with Crippen LogP contribution in [-0.2, 0) is 4.74 Å². The minimum Gasteiger partial charge on any atom is -0.451 e. The van der Waals surface area contributed by atoms with Crippen molar-refractivity contribution in [3.05, 3.63) is 35.4 Å². The predicted octanol–water partition coefficient (Wildman–Crippen LogP) is -2.42. The van der Waals surface area contributed by atoms with Crippen molar-refractivity contribution in [3.8, 4) is 0 Å². The number of hydrogen-bond donors (Lipinski definition) is 6. The lowest BCUT2D eigenvalue weighted by Crippen LogP contribution is -2.80. The van der Waals surface area contributed by atoms with Gasteiger partial charge < -0.3 is 36.4 Å². The van der Waals surface area contributed by atoms with E-state index in [2.05, 4.69) is 15.6 Å². The highest BCUT2D eigenvalue weighted by atomic mass is 16.6. The van der Waals surface area contributed by atoms with E-state index in [9.17, 15) is 24.9 Å². The first-order chi connectivity index (χ1) is 13.2. The number of nitrogens with two attached hydrogens (primary N) is 1. The molecule has 0 radical (unpaired) electrons. The van der Waals surface area contributed by atoms with Gasteiger partial charge in [-0.3, -0.25) is 4.90 Å². The fourth-order valence-electron chi connectivity index (χ4n) is 4.05. The summed E-state index contributed by atoms with van der Waals surface area (Å²) < 4.78 is 5.35. The van der Waals surface area contributed by atoms with Crippen molar-refractivity contribution in [2.75, 3.05) is 13.2 Å². The van der Waals surface area contributed by atoms with E-state index in [4.69, 9.17) is 10.5 Å². The Morgan fingerprint density at radius 2 is 2.07 bits per heavy atom. The zero-order valence-corrected chi connectivity index (χ0v) is 15.0. The van der Waals surface area contributed by atoms with E-state index in [1.807, 2.05) is 6.92 Å². The first-order valence-corrected chi connectivity index (χ1v) is 8.73. The fourth-order valence-corrected chi connectivity index (χ4v) is 4.05. The average Bonchev–Trinajstić information content (AvgIpc) is 3.11. The fraction of sp³-hybridized carbons (Fsp3) is 0.471. The Bertz CT molecular complexity index is 856. The number of aliphatic hydroxyl groups is 3. The Hall–Kier alpha value is -2.89. The van der Waals surface area contributed by atoms with Gasteiger partial charge in [-0.15, -0.1) is 0 Å². The summed E-state index contributed by atoms with van der Waals surface area (Å²) in [6.45, 7) is 1.07. The van der Waals surface area contributed by atoms with Gasteiger partial charge in [0.15, 0.2) is 12.1 Å². The van der Waals surface area contributed by atoms with Crippen LogP contribution in [0.4, 0.5) is 4.79 Å². The second-order valence-corrected chi connectivity index (χ2v) is 7.19. The van der Waals surface area contributed by atoms with Crippen LogP contribution in [0.25, 0.3) is 0 Å². The molecule has 7 N–H and O–H groups in total. The highest BCUT2D eigenvalue weighted by Gasteiger charge is 2.75. The Labute approximate surface area is 159 Å². The van der Waals surface area contributed by atoms with Crippen molar-refractivity contribution in [1.82, 2.24) is 15.5 Å². The molecule has 150 valence electrons. The number of esters is 1. The molecule has 2 amide bonds. The number of carbonyl (C=O) groups is 2. The molecule has 28 heavy (non-hydrogen) atoms. The van der Waals surface area contributed by atoms with Gasteiger partial charge in [-0.2, -0.15) is 0 Å². The second-order valence-electron chi connectivity index (χ2n) is 7.19. The number of nitrogens with one attached hydrogen (secondary N) is 2. The SMILES string of the molecule is Cc1ccc(C(=O)O[C@H]2CN3C(=O)N[C@@H](CO)[C@@H]4N=C(N)N[C@@]43C2(O)O)cc1.